The van der Waals surface area contributed by atoms with Gasteiger partial charge in [-0.05, 0) is 78.6 Å². The first-order valence-electron chi connectivity index (χ1n) is 17.5. The summed E-state index contributed by atoms with van der Waals surface area (Å²) in [4.78, 5) is 9.23. The first-order chi connectivity index (χ1) is 25.3. The number of hydrogen-bond donors (Lipinski definition) is 0. The van der Waals surface area contributed by atoms with Gasteiger partial charge in [0.2, 0.25) is 0 Å². The summed E-state index contributed by atoms with van der Waals surface area (Å²) in [7, 11) is 0. The van der Waals surface area contributed by atoms with Gasteiger partial charge in [0.25, 0.3) is 0 Å². The van der Waals surface area contributed by atoms with Crippen molar-refractivity contribution in [1.82, 2.24) is 19.1 Å². The molecule has 0 bridgehead atoms. The predicted octanol–water partition coefficient (Wildman–Crippen LogP) is 11.7. The topological polar surface area (TPSA) is 48.8 Å². The van der Waals surface area contributed by atoms with Crippen LogP contribution in [0.1, 0.15) is 17.7 Å². The number of fused-ring (bicyclic) bond motifs is 9. The molecule has 10 aromatic rings. The van der Waals surface area contributed by atoms with Gasteiger partial charge < -0.3 is 13.6 Å². The lowest BCUT2D eigenvalue weighted by molar-refractivity contribution is 0.667. The Hall–Kier alpha value is -6.72. The third kappa shape index (κ3) is 4.21. The second-order valence-corrected chi connectivity index (χ2v) is 13.3. The smallest absolute Gasteiger partial charge is 0.180 e. The first-order valence-corrected chi connectivity index (χ1v) is 17.5. The highest BCUT2D eigenvalue weighted by molar-refractivity contribution is 6.10. The van der Waals surface area contributed by atoms with Crippen LogP contribution >= 0.6 is 0 Å². The highest BCUT2D eigenvalue weighted by Crippen LogP contribution is 2.40. The lowest BCUT2D eigenvalue weighted by atomic mass is 9.99. The molecule has 0 amide bonds. The fourth-order valence-corrected chi connectivity index (χ4v) is 8.20. The number of aromatic nitrogens is 4. The van der Waals surface area contributed by atoms with Gasteiger partial charge in [0.15, 0.2) is 5.58 Å². The summed E-state index contributed by atoms with van der Waals surface area (Å²) in [5.41, 5.74) is 15.1. The second kappa shape index (κ2) is 10.9. The largest absolute Gasteiger partial charge is 0.452 e. The summed E-state index contributed by atoms with van der Waals surface area (Å²) in [5, 5.41) is 4.79. The van der Waals surface area contributed by atoms with E-state index in [1.54, 1.807) is 6.33 Å². The van der Waals surface area contributed by atoms with E-state index in [0.29, 0.717) is 5.58 Å². The SMILES string of the molecule is C1=Cc2c(n(-c3ccc(-c4ncnc5c4oc4ccccc45)cc3)c3cc(-c4ccc5c6ccccc6n(-c6ccccc6)c5c4)ccc23)CC1. The van der Waals surface area contributed by atoms with Crippen molar-refractivity contribution in [2.45, 2.75) is 12.8 Å². The monoisotopic (exact) mass is 654 g/mol. The Morgan fingerprint density at radius 2 is 1.20 bits per heavy atom. The van der Waals surface area contributed by atoms with E-state index in [2.05, 4.69) is 147 Å². The van der Waals surface area contributed by atoms with Crippen LogP contribution in [-0.4, -0.2) is 19.1 Å². The van der Waals surface area contributed by atoms with Gasteiger partial charge in [0.1, 0.15) is 23.1 Å². The zero-order valence-electron chi connectivity index (χ0n) is 27.6. The molecule has 1 aliphatic rings. The van der Waals surface area contributed by atoms with Crippen molar-refractivity contribution in [3.8, 4) is 33.8 Å². The molecular formula is C46H30N4O. The molecule has 11 rings (SSSR count). The molecule has 0 saturated heterocycles. The molecule has 0 radical (unpaired) electrons. The molecule has 5 heteroatoms. The van der Waals surface area contributed by atoms with Crippen molar-refractivity contribution in [1.29, 1.82) is 0 Å². The Bertz CT molecular complexity index is 3020. The molecule has 0 unspecified atom stereocenters. The maximum Gasteiger partial charge on any atom is 0.180 e. The lowest BCUT2D eigenvalue weighted by Crippen LogP contribution is -2.03. The van der Waals surface area contributed by atoms with E-state index in [1.165, 1.54) is 55.1 Å². The number of allylic oxidation sites excluding steroid dienone is 1. The van der Waals surface area contributed by atoms with E-state index in [9.17, 15) is 0 Å². The maximum absolute atomic E-state index is 6.26. The normalized spacial score (nSPS) is 12.9. The molecule has 4 heterocycles. The lowest BCUT2D eigenvalue weighted by Gasteiger charge is -2.14. The summed E-state index contributed by atoms with van der Waals surface area (Å²) in [5.74, 6) is 0. The van der Waals surface area contributed by atoms with Crippen molar-refractivity contribution in [2.75, 3.05) is 0 Å². The maximum atomic E-state index is 6.26. The third-order valence-electron chi connectivity index (χ3n) is 10.5. The van der Waals surface area contributed by atoms with Gasteiger partial charge in [-0.2, -0.15) is 0 Å². The average Bonchev–Trinajstić information content (AvgIpc) is 3.85. The van der Waals surface area contributed by atoms with Crippen molar-refractivity contribution in [3.63, 3.8) is 0 Å². The van der Waals surface area contributed by atoms with E-state index >= 15 is 0 Å². The standard InChI is InChI=1S/C46H30N4O/c1-2-10-32(11-3-1)49-39-15-7-4-12-34(39)36-24-20-30(26-41(36)49)31-21-25-37-35-13-5-8-16-40(35)50(42(37)27-31)33-22-18-29(19-23-33)44-46-45(48-28-47-44)38-14-6-9-17-43(38)51-46/h1-7,9-15,17-28H,8,16H2. The van der Waals surface area contributed by atoms with Gasteiger partial charge >= 0.3 is 0 Å². The van der Waals surface area contributed by atoms with Gasteiger partial charge in [0, 0.05) is 49.7 Å². The zero-order chi connectivity index (χ0) is 33.5. The van der Waals surface area contributed by atoms with E-state index in [-0.39, 0.29) is 0 Å². The summed E-state index contributed by atoms with van der Waals surface area (Å²) < 4.78 is 11.1. The fraction of sp³-hybridized carbons (Fsp3) is 0.0435. The van der Waals surface area contributed by atoms with Crippen LogP contribution in [0, 0.1) is 0 Å². The van der Waals surface area contributed by atoms with Crippen LogP contribution in [0.25, 0.3) is 94.6 Å². The van der Waals surface area contributed by atoms with Crippen molar-refractivity contribution in [2.24, 2.45) is 0 Å². The van der Waals surface area contributed by atoms with Gasteiger partial charge in [-0.3, -0.25) is 0 Å². The Morgan fingerprint density at radius 3 is 2.04 bits per heavy atom. The van der Waals surface area contributed by atoms with Gasteiger partial charge in [-0.1, -0.05) is 97.1 Å². The summed E-state index contributed by atoms with van der Waals surface area (Å²) in [6.07, 6.45) is 8.25. The molecule has 1 aliphatic carbocycles. The highest BCUT2D eigenvalue weighted by atomic mass is 16.3. The molecule has 240 valence electrons. The van der Waals surface area contributed by atoms with Crippen LogP contribution in [0.2, 0.25) is 0 Å². The third-order valence-corrected chi connectivity index (χ3v) is 10.5. The highest BCUT2D eigenvalue weighted by Gasteiger charge is 2.21. The number of para-hydroxylation sites is 3. The van der Waals surface area contributed by atoms with E-state index < -0.39 is 0 Å². The van der Waals surface area contributed by atoms with Crippen molar-refractivity contribution < 1.29 is 4.42 Å². The van der Waals surface area contributed by atoms with E-state index in [0.717, 1.165) is 52.0 Å². The second-order valence-electron chi connectivity index (χ2n) is 13.3. The van der Waals surface area contributed by atoms with E-state index in [1.807, 2.05) is 24.3 Å². The van der Waals surface area contributed by atoms with Crippen LogP contribution in [0.4, 0.5) is 0 Å². The number of hydrogen-bond acceptors (Lipinski definition) is 3. The van der Waals surface area contributed by atoms with Gasteiger partial charge in [-0.15, -0.1) is 0 Å². The van der Waals surface area contributed by atoms with Crippen LogP contribution in [0.3, 0.4) is 0 Å². The Kier molecular flexibility index (Phi) is 6.01. The quantitative estimate of drug-likeness (QED) is 0.190. The number of furan rings is 1. The number of nitrogens with zero attached hydrogens (tertiary/aromatic N) is 4. The summed E-state index contributed by atoms with van der Waals surface area (Å²) in [6, 6.07) is 50.0. The molecule has 0 fully saturated rings. The van der Waals surface area contributed by atoms with Crippen molar-refractivity contribution in [3.05, 3.63) is 163 Å². The summed E-state index contributed by atoms with van der Waals surface area (Å²) >= 11 is 0. The number of benzene rings is 6. The minimum absolute atomic E-state index is 0.716. The molecule has 0 saturated carbocycles. The van der Waals surface area contributed by atoms with Gasteiger partial charge in [-0.25, -0.2) is 9.97 Å². The molecule has 0 atom stereocenters. The Labute approximate surface area is 293 Å². The predicted molar refractivity (Wildman–Crippen MR) is 209 cm³/mol. The molecule has 6 aromatic carbocycles. The van der Waals surface area contributed by atoms with Crippen LogP contribution < -0.4 is 0 Å². The molecule has 0 N–H and O–H groups in total. The van der Waals surface area contributed by atoms with Crippen LogP contribution in [0.15, 0.2) is 156 Å². The molecule has 4 aromatic heterocycles. The zero-order valence-corrected chi connectivity index (χ0v) is 27.6. The molecule has 0 aliphatic heterocycles. The summed E-state index contributed by atoms with van der Waals surface area (Å²) in [6.45, 7) is 0. The molecular weight excluding hydrogens is 625 g/mol. The van der Waals surface area contributed by atoms with Crippen LogP contribution in [-0.2, 0) is 6.42 Å². The first kappa shape index (κ1) is 28.2. The minimum Gasteiger partial charge on any atom is -0.452 e. The Balaban J connectivity index is 1.06. The minimum atomic E-state index is 0.716. The fourth-order valence-electron chi connectivity index (χ4n) is 8.20. The van der Waals surface area contributed by atoms with Crippen LogP contribution in [0.5, 0.6) is 0 Å². The van der Waals surface area contributed by atoms with Crippen molar-refractivity contribution >= 4 is 60.9 Å². The molecule has 51 heavy (non-hydrogen) atoms. The van der Waals surface area contributed by atoms with Gasteiger partial charge in [0.05, 0.1) is 16.6 Å². The number of rotatable bonds is 4. The van der Waals surface area contributed by atoms with E-state index in [4.69, 9.17) is 4.42 Å². The average molecular weight is 655 g/mol. The molecule has 5 nitrogen and oxygen atoms in total. The molecule has 0 spiro atoms. The Morgan fingerprint density at radius 1 is 0.529 bits per heavy atom.